The molecule has 88 valence electrons. The van der Waals surface area contributed by atoms with Gasteiger partial charge < -0.3 is 9.67 Å². The summed E-state index contributed by atoms with van der Waals surface area (Å²) < 4.78 is 2.08. The lowest BCUT2D eigenvalue weighted by Crippen LogP contribution is -2.17. The number of fused-ring (bicyclic) bond motifs is 1. The molecule has 1 fully saturated rings. The van der Waals surface area contributed by atoms with E-state index in [4.69, 9.17) is 5.11 Å². The second-order valence-electron chi connectivity index (χ2n) is 4.67. The number of imidazole rings is 1. The van der Waals surface area contributed by atoms with E-state index in [0.29, 0.717) is 5.52 Å². The van der Waals surface area contributed by atoms with Crippen LogP contribution in [0.5, 0.6) is 0 Å². The van der Waals surface area contributed by atoms with E-state index >= 15 is 0 Å². The molecule has 2 aromatic rings. The van der Waals surface area contributed by atoms with E-state index in [2.05, 4.69) is 9.55 Å². The minimum atomic E-state index is -0.913. The number of hydrogen-bond donors (Lipinski definition) is 1. The molecule has 0 atom stereocenters. The van der Waals surface area contributed by atoms with Crippen LogP contribution in [0.4, 0.5) is 0 Å². The summed E-state index contributed by atoms with van der Waals surface area (Å²) in [4.78, 5) is 15.3. The van der Waals surface area contributed by atoms with Crippen LogP contribution in [0.2, 0.25) is 0 Å². The lowest BCUT2D eigenvalue weighted by atomic mass is 9.85. The molecule has 1 aromatic heterocycles. The minimum absolute atomic E-state index is 0.287. The van der Waals surface area contributed by atoms with Crippen LogP contribution in [-0.2, 0) is 6.54 Å². The third-order valence-electron chi connectivity index (χ3n) is 3.56. The van der Waals surface area contributed by atoms with Gasteiger partial charge in [-0.1, -0.05) is 12.5 Å². The first-order chi connectivity index (χ1) is 8.25. The van der Waals surface area contributed by atoms with Crippen molar-refractivity contribution in [2.75, 3.05) is 0 Å². The van der Waals surface area contributed by atoms with Crippen LogP contribution in [0.1, 0.15) is 29.6 Å². The van der Waals surface area contributed by atoms with Crippen LogP contribution in [0, 0.1) is 5.92 Å². The Kier molecular flexibility index (Phi) is 2.35. The molecular weight excluding hydrogens is 216 g/mol. The minimum Gasteiger partial charge on any atom is -0.478 e. The van der Waals surface area contributed by atoms with Gasteiger partial charge >= 0.3 is 5.97 Å². The Bertz CT molecular complexity index is 570. The molecule has 0 unspecified atom stereocenters. The third kappa shape index (κ3) is 1.69. The quantitative estimate of drug-likeness (QED) is 0.881. The lowest BCUT2D eigenvalue weighted by Gasteiger charge is -2.25. The maximum atomic E-state index is 11.1. The summed E-state index contributed by atoms with van der Waals surface area (Å²) >= 11 is 0. The second kappa shape index (κ2) is 3.87. The van der Waals surface area contributed by atoms with Gasteiger partial charge in [-0.3, -0.25) is 0 Å². The second-order valence-corrected chi connectivity index (χ2v) is 4.67. The molecule has 0 amide bonds. The summed E-state index contributed by atoms with van der Waals surface area (Å²) in [5.74, 6) is -0.176. The fourth-order valence-electron chi connectivity index (χ4n) is 2.36. The molecule has 0 saturated heterocycles. The van der Waals surface area contributed by atoms with Gasteiger partial charge in [-0.05, 0) is 30.9 Å². The van der Waals surface area contributed by atoms with Crippen LogP contribution in [0.25, 0.3) is 11.0 Å². The van der Waals surface area contributed by atoms with Gasteiger partial charge in [0.05, 0.1) is 17.4 Å². The van der Waals surface area contributed by atoms with E-state index in [1.807, 2.05) is 6.07 Å². The summed E-state index contributed by atoms with van der Waals surface area (Å²) in [6.45, 7) is 0.958. The van der Waals surface area contributed by atoms with Crippen molar-refractivity contribution in [2.24, 2.45) is 5.92 Å². The highest BCUT2D eigenvalue weighted by molar-refractivity contribution is 6.00. The normalized spacial score (nSPS) is 16.0. The van der Waals surface area contributed by atoms with Crippen LogP contribution in [0.3, 0.4) is 0 Å². The lowest BCUT2D eigenvalue weighted by molar-refractivity contribution is 0.0699. The zero-order valence-corrected chi connectivity index (χ0v) is 9.47. The molecule has 1 aliphatic rings. The third-order valence-corrected chi connectivity index (χ3v) is 3.56. The Labute approximate surface area is 98.9 Å². The molecule has 1 N–H and O–H groups in total. The number of aromatic nitrogens is 2. The van der Waals surface area contributed by atoms with Crippen LogP contribution < -0.4 is 0 Å². The highest BCUT2D eigenvalue weighted by Gasteiger charge is 2.19. The highest BCUT2D eigenvalue weighted by atomic mass is 16.4. The molecule has 1 heterocycles. The number of nitrogens with zero attached hydrogens (tertiary/aromatic N) is 2. The molecule has 4 nitrogen and oxygen atoms in total. The topological polar surface area (TPSA) is 55.1 Å². The first-order valence-corrected chi connectivity index (χ1v) is 5.93. The van der Waals surface area contributed by atoms with Gasteiger partial charge in [-0.15, -0.1) is 0 Å². The molecule has 0 bridgehead atoms. The van der Waals surface area contributed by atoms with Crippen LogP contribution in [-0.4, -0.2) is 20.6 Å². The van der Waals surface area contributed by atoms with Gasteiger partial charge in [0.25, 0.3) is 0 Å². The maximum Gasteiger partial charge on any atom is 0.337 e. The fraction of sp³-hybridized carbons (Fsp3) is 0.385. The smallest absolute Gasteiger partial charge is 0.337 e. The zero-order chi connectivity index (χ0) is 11.8. The monoisotopic (exact) mass is 230 g/mol. The van der Waals surface area contributed by atoms with Crippen LogP contribution in [0.15, 0.2) is 24.5 Å². The largest absolute Gasteiger partial charge is 0.478 e. The molecule has 0 radical (unpaired) electrons. The van der Waals surface area contributed by atoms with Gasteiger partial charge in [-0.25, -0.2) is 9.78 Å². The van der Waals surface area contributed by atoms with E-state index in [0.717, 1.165) is 18.0 Å². The molecular formula is C13H14N2O2. The SMILES string of the molecule is O=C(O)c1cccc2c1ncn2CC1CCC1. The Balaban J connectivity index is 2.03. The van der Waals surface area contributed by atoms with Crippen molar-refractivity contribution >= 4 is 17.0 Å². The van der Waals surface area contributed by atoms with Gasteiger partial charge in [0.1, 0.15) is 5.52 Å². The van der Waals surface area contributed by atoms with Crippen molar-refractivity contribution in [1.82, 2.24) is 9.55 Å². The molecule has 1 aromatic carbocycles. The maximum absolute atomic E-state index is 11.1. The predicted octanol–water partition coefficient (Wildman–Crippen LogP) is 2.53. The first kappa shape index (κ1) is 10.3. The van der Waals surface area contributed by atoms with Gasteiger partial charge in [0, 0.05) is 6.54 Å². The highest BCUT2D eigenvalue weighted by Crippen LogP contribution is 2.29. The van der Waals surface area contributed by atoms with Crippen molar-refractivity contribution < 1.29 is 9.90 Å². The van der Waals surface area contributed by atoms with Crippen molar-refractivity contribution in [3.05, 3.63) is 30.1 Å². The molecule has 1 saturated carbocycles. The van der Waals surface area contributed by atoms with E-state index in [1.165, 1.54) is 19.3 Å². The molecule has 0 aliphatic heterocycles. The number of carboxylic acids is 1. The zero-order valence-electron chi connectivity index (χ0n) is 9.47. The van der Waals surface area contributed by atoms with E-state index in [9.17, 15) is 4.79 Å². The molecule has 1 aliphatic carbocycles. The molecule has 3 rings (SSSR count). The summed E-state index contributed by atoms with van der Waals surface area (Å²) in [5.41, 5.74) is 1.81. The summed E-state index contributed by atoms with van der Waals surface area (Å²) in [6, 6.07) is 5.32. The number of benzene rings is 1. The number of aromatic carboxylic acids is 1. The fourth-order valence-corrected chi connectivity index (χ4v) is 2.36. The predicted molar refractivity (Wildman–Crippen MR) is 64.0 cm³/mol. The number of carboxylic acid groups (broad SMARTS) is 1. The van der Waals surface area contributed by atoms with Gasteiger partial charge in [0.2, 0.25) is 0 Å². The Morgan fingerprint density at radius 2 is 2.29 bits per heavy atom. The van der Waals surface area contributed by atoms with Crippen molar-refractivity contribution in [3.63, 3.8) is 0 Å². The van der Waals surface area contributed by atoms with Gasteiger partial charge in [0.15, 0.2) is 0 Å². The first-order valence-electron chi connectivity index (χ1n) is 5.93. The average Bonchev–Trinajstić information content (AvgIpc) is 2.66. The van der Waals surface area contributed by atoms with Crippen molar-refractivity contribution in [3.8, 4) is 0 Å². The molecule has 0 spiro atoms. The number of rotatable bonds is 3. The summed E-state index contributed by atoms with van der Waals surface area (Å²) in [7, 11) is 0. The standard InChI is InChI=1S/C13H14N2O2/c16-13(17)10-5-2-6-11-12(10)14-8-15(11)7-9-3-1-4-9/h2,5-6,8-9H,1,3-4,7H2,(H,16,17). The van der Waals surface area contributed by atoms with E-state index in [1.54, 1.807) is 18.5 Å². The van der Waals surface area contributed by atoms with E-state index < -0.39 is 5.97 Å². The van der Waals surface area contributed by atoms with E-state index in [-0.39, 0.29) is 5.56 Å². The Morgan fingerprint density at radius 1 is 1.47 bits per heavy atom. The van der Waals surface area contributed by atoms with Crippen LogP contribution >= 0.6 is 0 Å². The van der Waals surface area contributed by atoms with Gasteiger partial charge in [-0.2, -0.15) is 0 Å². The molecule has 4 heteroatoms. The number of hydrogen-bond acceptors (Lipinski definition) is 2. The van der Waals surface area contributed by atoms with Crippen molar-refractivity contribution in [2.45, 2.75) is 25.8 Å². The summed E-state index contributed by atoms with van der Waals surface area (Å²) in [5, 5.41) is 9.08. The van der Waals surface area contributed by atoms with Crippen molar-refractivity contribution in [1.29, 1.82) is 0 Å². The number of carbonyl (C=O) groups is 1. The molecule has 17 heavy (non-hydrogen) atoms. The average molecular weight is 230 g/mol. The Hall–Kier alpha value is -1.84. The Morgan fingerprint density at radius 3 is 2.94 bits per heavy atom. The summed E-state index contributed by atoms with van der Waals surface area (Å²) in [6.07, 6.45) is 5.63. The number of para-hydroxylation sites is 1.